The number of alkyl halides is 3. The minimum Gasteiger partial charge on any atom is -0.324 e. The summed E-state index contributed by atoms with van der Waals surface area (Å²) < 4.78 is 39.7. The molecule has 0 radical (unpaired) electrons. The molecule has 2 aromatic heterocycles. The summed E-state index contributed by atoms with van der Waals surface area (Å²) >= 11 is 0. The first-order valence-corrected chi connectivity index (χ1v) is 6.66. The van der Waals surface area contributed by atoms with E-state index >= 15 is 0 Å². The number of aromatic nitrogens is 6. The lowest BCUT2D eigenvalue weighted by atomic mass is 10.3. The van der Waals surface area contributed by atoms with Gasteiger partial charge in [0.1, 0.15) is 12.9 Å². The van der Waals surface area contributed by atoms with Gasteiger partial charge in [-0.15, -0.1) is 5.10 Å². The van der Waals surface area contributed by atoms with Crippen molar-refractivity contribution in [2.75, 3.05) is 5.32 Å². The van der Waals surface area contributed by atoms with E-state index in [2.05, 4.69) is 25.9 Å². The summed E-state index contributed by atoms with van der Waals surface area (Å²) in [5.74, 6) is -0.498. The van der Waals surface area contributed by atoms with E-state index in [4.69, 9.17) is 0 Å². The van der Waals surface area contributed by atoms with Gasteiger partial charge in [-0.1, -0.05) is 0 Å². The first-order chi connectivity index (χ1) is 11.4. The van der Waals surface area contributed by atoms with Crippen molar-refractivity contribution in [3.8, 4) is 5.69 Å². The van der Waals surface area contributed by atoms with Crippen LogP contribution in [-0.2, 0) is 17.5 Å². The number of rotatable bonds is 4. The van der Waals surface area contributed by atoms with Crippen LogP contribution in [0.5, 0.6) is 0 Å². The molecule has 0 aliphatic rings. The van der Waals surface area contributed by atoms with Gasteiger partial charge in [-0.2, -0.15) is 18.3 Å². The van der Waals surface area contributed by atoms with Gasteiger partial charge >= 0.3 is 6.18 Å². The highest BCUT2D eigenvalue weighted by Crippen LogP contribution is 2.27. The maximum absolute atomic E-state index is 12.4. The van der Waals surface area contributed by atoms with E-state index in [1.807, 2.05) is 0 Å². The Morgan fingerprint density at radius 1 is 1.17 bits per heavy atom. The molecule has 0 unspecified atom stereocenters. The van der Waals surface area contributed by atoms with Crippen LogP contribution >= 0.6 is 0 Å². The molecule has 124 valence electrons. The van der Waals surface area contributed by atoms with Gasteiger partial charge in [-0.05, 0) is 40.8 Å². The first kappa shape index (κ1) is 15.6. The van der Waals surface area contributed by atoms with Crippen molar-refractivity contribution in [3.05, 3.63) is 48.5 Å². The summed E-state index contributed by atoms with van der Waals surface area (Å²) in [6, 6.07) is 7.43. The van der Waals surface area contributed by atoms with Crippen LogP contribution in [0.25, 0.3) is 5.69 Å². The van der Waals surface area contributed by atoms with Crippen LogP contribution in [0.15, 0.2) is 42.9 Å². The number of hydrogen-bond donors (Lipinski definition) is 1. The number of benzene rings is 1. The number of anilines is 1. The minimum atomic E-state index is -4.53. The average molecular weight is 337 g/mol. The molecule has 1 N–H and O–H groups in total. The number of nitrogens with zero attached hydrogens (tertiary/aromatic N) is 6. The zero-order chi connectivity index (χ0) is 17.2. The third kappa shape index (κ3) is 3.56. The van der Waals surface area contributed by atoms with Crippen LogP contribution < -0.4 is 5.32 Å². The summed E-state index contributed by atoms with van der Waals surface area (Å²) in [4.78, 5) is 11.9. The van der Waals surface area contributed by atoms with E-state index in [1.54, 1.807) is 24.3 Å². The van der Waals surface area contributed by atoms with Crippen LogP contribution in [0.3, 0.4) is 0 Å². The van der Waals surface area contributed by atoms with Crippen molar-refractivity contribution in [1.82, 2.24) is 30.0 Å². The molecule has 0 spiro atoms. The Bertz CT molecular complexity index is 824. The molecule has 0 bridgehead atoms. The Balaban J connectivity index is 1.61. The third-order valence-corrected chi connectivity index (χ3v) is 3.00. The molecule has 0 aliphatic carbocycles. The van der Waals surface area contributed by atoms with Crippen molar-refractivity contribution < 1.29 is 18.0 Å². The van der Waals surface area contributed by atoms with Crippen molar-refractivity contribution >= 4 is 11.6 Å². The first-order valence-electron chi connectivity index (χ1n) is 6.66. The molecule has 0 saturated heterocycles. The molecule has 0 saturated carbocycles. The fraction of sp³-hybridized carbons (Fsp3) is 0.154. The van der Waals surface area contributed by atoms with E-state index in [-0.39, 0.29) is 6.54 Å². The second-order valence-corrected chi connectivity index (χ2v) is 4.75. The molecule has 3 rings (SSSR count). The summed E-state index contributed by atoms with van der Waals surface area (Å²) in [7, 11) is 0. The van der Waals surface area contributed by atoms with E-state index in [9.17, 15) is 18.0 Å². The predicted molar refractivity (Wildman–Crippen MR) is 75.0 cm³/mol. The van der Waals surface area contributed by atoms with Gasteiger partial charge in [-0.3, -0.25) is 9.48 Å². The van der Waals surface area contributed by atoms with Crippen LogP contribution in [0.1, 0.15) is 5.69 Å². The van der Waals surface area contributed by atoms with Crippen LogP contribution in [0.4, 0.5) is 18.9 Å². The number of tetrazole rings is 1. The molecule has 0 fully saturated rings. The molecule has 1 aromatic carbocycles. The van der Waals surface area contributed by atoms with Crippen molar-refractivity contribution in [2.24, 2.45) is 0 Å². The molecule has 0 aliphatic heterocycles. The second kappa shape index (κ2) is 6.10. The number of carbonyl (C=O) groups excluding carboxylic acids is 1. The van der Waals surface area contributed by atoms with Gasteiger partial charge in [0.2, 0.25) is 5.91 Å². The average Bonchev–Trinajstić information content (AvgIpc) is 3.18. The zero-order valence-corrected chi connectivity index (χ0v) is 12.0. The lowest BCUT2D eigenvalue weighted by molar-refractivity contribution is -0.141. The smallest absolute Gasteiger partial charge is 0.324 e. The maximum Gasteiger partial charge on any atom is 0.435 e. The molecule has 2 heterocycles. The SMILES string of the molecule is O=C(Cn1ccc(C(F)(F)F)n1)Nc1ccc(-n2cnnn2)cc1. The van der Waals surface area contributed by atoms with Crippen molar-refractivity contribution in [1.29, 1.82) is 0 Å². The third-order valence-electron chi connectivity index (χ3n) is 3.00. The molecule has 1 amide bonds. The molecule has 8 nitrogen and oxygen atoms in total. The monoisotopic (exact) mass is 337 g/mol. The summed E-state index contributed by atoms with van der Waals surface area (Å²) in [6.45, 7) is -0.329. The van der Waals surface area contributed by atoms with Gasteiger partial charge in [-0.25, -0.2) is 4.68 Å². The van der Waals surface area contributed by atoms with Crippen molar-refractivity contribution in [3.63, 3.8) is 0 Å². The summed E-state index contributed by atoms with van der Waals surface area (Å²) in [5, 5.41) is 16.6. The summed E-state index contributed by atoms with van der Waals surface area (Å²) in [6.07, 6.45) is -2.01. The number of amides is 1. The lowest BCUT2D eigenvalue weighted by Crippen LogP contribution is -2.19. The standard InChI is InChI=1S/C13H10F3N7O/c14-13(15,16)11-5-6-22(19-11)7-12(24)18-9-1-3-10(4-2-9)23-8-17-20-21-23/h1-6,8H,7H2,(H,18,24). The fourth-order valence-corrected chi connectivity index (χ4v) is 1.93. The van der Waals surface area contributed by atoms with E-state index in [1.165, 1.54) is 11.0 Å². The van der Waals surface area contributed by atoms with Gasteiger partial charge in [0.15, 0.2) is 5.69 Å². The van der Waals surface area contributed by atoms with Crippen molar-refractivity contribution in [2.45, 2.75) is 12.7 Å². The zero-order valence-electron chi connectivity index (χ0n) is 12.0. The van der Waals surface area contributed by atoms with Crippen LogP contribution in [0.2, 0.25) is 0 Å². The maximum atomic E-state index is 12.4. The highest BCUT2D eigenvalue weighted by atomic mass is 19.4. The Morgan fingerprint density at radius 3 is 2.50 bits per heavy atom. The number of carbonyl (C=O) groups is 1. The van der Waals surface area contributed by atoms with Gasteiger partial charge in [0, 0.05) is 11.9 Å². The Labute approximate surface area is 132 Å². The largest absolute Gasteiger partial charge is 0.435 e. The highest BCUT2D eigenvalue weighted by Gasteiger charge is 2.33. The van der Waals surface area contributed by atoms with Gasteiger partial charge < -0.3 is 5.32 Å². The van der Waals surface area contributed by atoms with E-state index in [0.717, 1.165) is 16.9 Å². The molecule has 3 aromatic rings. The topological polar surface area (TPSA) is 90.5 Å². The molecule has 24 heavy (non-hydrogen) atoms. The van der Waals surface area contributed by atoms with Gasteiger partial charge in [0.25, 0.3) is 0 Å². The predicted octanol–water partition coefficient (Wildman–Crippen LogP) is 1.52. The van der Waals surface area contributed by atoms with Gasteiger partial charge in [0.05, 0.1) is 5.69 Å². The minimum absolute atomic E-state index is 0.329. The Morgan fingerprint density at radius 2 is 1.92 bits per heavy atom. The molecular formula is C13H10F3N7O. The highest BCUT2D eigenvalue weighted by molar-refractivity contribution is 5.90. The fourth-order valence-electron chi connectivity index (χ4n) is 1.93. The Hall–Kier alpha value is -3.24. The molecular weight excluding hydrogens is 327 g/mol. The number of hydrogen-bond acceptors (Lipinski definition) is 5. The number of halogens is 3. The second-order valence-electron chi connectivity index (χ2n) is 4.75. The Kier molecular flexibility index (Phi) is 3.98. The molecule has 0 atom stereocenters. The van der Waals surface area contributed by atoms with Crippen LogP contribution in [0, 0.1) is 0 Å². The lowest BCUT2D eigenvalue weighted by Gasteiger charge is -2.07. The quantitative estimate of drug-likeness (QED) is 0.779. The normalized spacial score (nSPS) is 11.5. The van der Waals surface area contributed by atoms with E-state index < -0.39 is 17.8 Å². The number of nitrogens with one attached hydrogen (secondary N) is 1. The van der Waals surface area contributed by atoms with E-state index in [0.29, 0.717) is 11.4 Å². The summed E-state index contributed by atoms with van der Waals surface area (Å²) in [5.41, 5.74) is 0.140. The molecule has 11 heteroatoms. The van der Waals surface area contributed by atoms with Crippen LogP contribution in [-0.4, -0.2) is 35.9 Å².